The van der Waals surface area contributed by atoms with Gasteiger partial charge in [-0.15, -0.1) is 0 Å². The highest BCUT2D eigenvalue weighted by Crippen LogP contribution is 2.44. The van der Waals surface area contributed by atoms with Crippen LogP contribution in [0, 0.1) is 22.7 Å². The van der Waals surface area contributed by atoms with Crippen molar-refractivity contribution < 1.29 is 9.47 Å². The van der Waals surface area contributed by atoms with Crippen molar-refractivity contribution in [2.75, 3.05) is 13.2 Å². The van der Waals surface area contributed by atoms with Gasteiger partial charge in [0, 0.05) is 0 Å². The van der Waals surface area contributed by atoms with Gasteiger partial charge in [0.15, 0.2) is 11.5 Å². The second-order valence-corrected chi connectivity index (χ2v) is 4.71. The van der Waals surface area contributed by atoms with Crippen molar-refractivity contribution in [2.45, 2.75) is 26.7 Å². The quantitative estimate of drug-likeness (QED) is 0.784. The van der Waals surface area contributed by atoms with Crippen LogP contribution in [0.25, 0.3) is 0 Å². The van der Waals surface area contributed by atoms with Crippen molar-refractivity contribution in [1.29, 1.82) is 10.5 Å². The zero-order chi connectivity index (χ0) is 15.1. The summed E-state index contributed by atoms with van der Waals surface area (Å²) in [7, 11) is 0. The third-order valence-corrected chi connectivity index (χ3v) is 3.24. The van der Waals surface area contributed by atoms with Crippen molar-refractivity contribution in [3.05, 3.63) is 21.2 Å². The molecule has 0 aliphatic heterocycles. The molecule has 1 aromatic rings. The molecule has 4 nitrogen and oxygen atoms in total. The maximum absolute atomic E-state index is 9.26. The largest absolute Gasteiger partial charge is 0.491 e. The summed E-state index contributed by atoms with van der Waals surface area (Å²) in [6.07, 6.45) is 1.49. The van der Waals surface area contributed by atoms with Gasteiger partial charge in [-0.2, -0.15) is 10.5 Å². The first kappa shape index (κ1) is 16.4. The van der Waals surface area contributed by atoms with E-state index in [2.05, 4.69) is 0 Å². The Balaban J connectivity index is 3.48. The summed E-state index contributed by atoms with van der Waals surface area (Å²) in [5, 5.41) is 18.7. The Labute approximate surface area is 128 Å². The Morgan fingerprint density at radius 2 is 1.20 bits per heavy atom. The van der Waals surface area contributed by atoms with E-state index in [1.165, 1.54) is 0 Å². The minimum atomic E-state index is 0.0569. The number of hydrogen-bond donors (Lipinski definition) is 0. The number of ether oxygens (including phenoxy) is 2. The molecule has 6 heteroatoms. The van der Waals surface area contributed by atoms with Crippen molar-refractivity contribution in [3.63, 3.8) is 0 Å². The predicted octanol–water partition coefficient (Wildman–Crippen LogP) is 4.31. The van der Waals surface area contributed by atoms with E-state index in [1.54, 1.807) is 0 Å². The lowest BCUT2D eigenvalue weighted by molar-refractivity contribution is 0.307. The molecule has 0 unspecified atom stereocenters. The molecule has 0 N–H and O–H groups in total. The van der Waals surface area contributed by atoms with Gasteiger partial charge >= 0.3 is 0 Å². The molecule has 0 aliphatic carbocycles. The van der Waals surface area contributed by atoms with Gasteiger partial charge in [-0.1, -0.05) is 37.0 Å². The SMILES string of the molecule is CCCOc1c(Cl)c(Cl)c(OCCC)c(C#N)c1C#N. The Hall–Kier alpha value is -1.62. The third kappa shape index (κ3) is 3.28. The molecule has 0 amide bonds. The van der Waals surface area contributed by atoms with Gasteiger partial charge < -0.3 is 9.47 Å². The topological polar surface area (TPSA) is 66.0 Å². The maximum Gasteiger partial charge on any atom is 0.158 e. The van der Waals surface area contributed by atoms with Gasteiger partial charge in [-0.25, -0.2) is 0 Å². The zero-order valence-corrected chi connectivity index (χ0v) is 12.8. The lowest BCUT2D eigenvalue weighted by Crippen LogP contribution is -2.05. The van der Waals surface area contributed by atoms with Gasteiger partial charge in [-0.05, 0) is 12.8 Å². The fraction of sp³-hybridized carbons (Fsp3) is 0.429. The van der Waals surface area contributed by atoms with E-state index in [4.69, 9.17) is 32.7 Å². The zero-order valence-electron chi connectivity index (χ0n) is 11.3. The molecule has 1 aromatic carbocycles. The fourth-order valence-electron chi connectivity index (χ4n) is 1.54. The molecule has 0 saturated carbocycles. The monoisotopic (exact) mass is 312 g/mol. The molecule has 0 atom stereocenters. The van der Waals surface area contributed by atoms with Crippen LogP contribution in [0.3, 0.4) is 0 Å². The van der Waals surface area contributed by atoms with E-state index in [0.29, 0.717) is 13.2 Å². The molecule has 0 aromatic heterocycles. The summed E-state index contributed by atoms with van der Waals surface area (Å²) in [5.41, 5.74) is 0.114. The summed E-state index contributed by atoms with van der Waals surface area (Å²) in [6, 6.07) is 3.88. The Bertz CT molecular complexity index is 523. The minimum Gasteiger partial charge on any atom is -0.491 e. The van der Waals surface area contributed by atoms with Crippen LogP contribution in [-0.2, 0) is 0 Å². The van der Waals surface area contributed by atoms with Crippen molar-refractivity contribution in [3.8, 4) is 23.6 Å². The van der Waals surface area contributed by atoms with Crippen LogP contribution >= 0.6 is 23.2 Å². The van der Waals surface area contributed by atoms with Crippen LogP contribution in [0.2, 0.25) is 10.0 Å². The second kappa shape index (κ2) is 7.85. The van der Waals surface area contributed by atoms with E-state index in [1.807, 2.05) is 26.0 Å². The van der Waals surface area contributed by atoms with E-state index in [9.17, 15) is 10.5 Å². The lowest BCUT2D eigenvalue weighted by Gasteiger charge is -2.16. The molecule has 0 spiro atoms. The van der Waals surface area contributed by atoms with Gasteiger partial charge in [0.2, 0.25) is 0 Å². The van der Waals surface area contributed by atoms with Crippen molar-refractivity contribution in [1.82, 2.24) is 0 Å². The Morgan fingerprint density at radius 3 is 1.45 bits per heavy atom. The summed E-state index contributed by atoms with van der Waals surface area (Å²) in [4.78, 5) is 0. The first-order chi connectivity index (χ1) is 9.62. The van der Waals surface area contributed by atoms with E-state index >= 15 is 0 Å². The number of halogens is 2. The van der Waals surface area contributed by atoms with Gasteiger partial charge in [0.05, 0.1) is 13.2 Å². The normalized spacial score (nSPS) is 9.70. The van der Waals surface area contributed by atoms with Gasteiger partial charge in [0.1, 0.15) is 33.3 Å². The molecular formula is C14H14Cl2N2O2. The molecule has 0 saturated heterocycles. The van der Waals surface area contributed by atoms with Gasteiger partial charge in [0.25, 0.3) is 0 Å². The van der Waals surface area contributed by atoms with Crippen LogP contribution in [0.1, 0.15) is 37.8 Å². The molecule has 0 aliphatic rings. The summed E-state index contributed by atoms with van der Waals surface area (Å²) >= 11 is 12.3. The van der Waals surface area contributed by atoms with Crippen molar-refractivity contribution in [2.24, 2.45) is 0 Å². The van der Waals surface area contributed by atoms with E-state index in [-0.39, 0.29) is 32.7 Å². The number of benzene rings is 1. The average molecular weight is 313 g/mol. The molecule has 20 heavy (non-hydrogen) atoms. The fourth-order valence-corrected chi connectivity index (χ4v) is 2.01. The minimum absolute atomic E-state index is 0.0569. The molecule has 0 fully saturated rings. The smallest absolute Gasteiger partial charge is 0.158 e. The van der Waals surface area contributed by atoms with Crippen LogP contribution in [0.4, 0.5) is 0 Å². The Morgan fingerprint density at radius 1 is 0.850 bits per heavy atom. The number of rotatable bonds is 6. The molecule has 0 bridgehead atoms. The summed E-state index contributed by atoms with van der Waals surface area (Å²) in [6.45, 7) is 4.60. The maximum atomic E-state index is 9.26. The second-order valence-electron chi connectivity index (χ2n) is 3.96. The molecule has 106 valence electrons. The van der Waals surface area contributed by atoms with Gasteiger partial charge in [-0.3, -0.25) is 0 Å². The highest BCUT2D eigenvalue weighted by Gasteiger charge is 2.24. The first-order valence-electron chi connectivity index (χ1n) is 6.22. The Kier molecular flexibility index (Phi) is 6.45. The van der Waals surface area contributed by atoms with Crippen LogP contribution in [0.5, 0.6) is 11.5 Å². The van der Waals surface area contributed by atoms with E-state index in [0.717, 1.165) is 12.8 Å². The predicted molar refractivity (Wildman–Crippen MR) is 77.5 cm³/mol. The number of nitriles is 2. The molecular weight excluding hydrogens is 299 g/mol. The van der Waals surface area contributed by atoms with Crippen molar-refractivity contribution >= 4 is 23.2 Å². The number of hydrogen-bond acceptors (Lipinski definition) is 4. The molecule has 0 radical (unpaired) electrons. The molecule has 0 heterocycles. The first-order valence-corrected chi connectivity index (χ1v) is 6.98. The molecule has 1 rings (SSSR count). The highest BCUT2D eigenvalue weighted by atomic mass is 35.5. The van der Waals surface area contributed by atoms with Crippen LogP contribution in [-0.4, -0.2) is 13.2 Å². The average Bonchev–Trinajstić information content (AvgIpc) is 2.46. The highest BCUT2D eigenvalue weighted by molar-refractivity contribution is 6.44. The third-order valence-electron chi connectivity index (χ3n) is 2.42. The number of nitrogens with zero attached hydrogens (tertiary/aromatic N) is 2. The van der Waals surface area contributed by atoms with Crippen LogP contribution < -0.4 is 9.47 Å². The summed E-state index contributed by atoms with van der Waals surface area (Å²) in [5.74, 6) is 0.280. The summed E-state index contributed by atoms with van der Waals surface area (Å²) < 4.78 is 10.9. The lowest BCUT2D eigenvalue weighted by atomic mass is 10.1. The van der Waals surface area contributed by atoms with Crippen LogP contribution in [0.15, 0.2) is 0 Å². The van der Waals surface area contributed by atoms with E-state index < -0.39 is 0 Å². The standard InChI is InChI=1S/C14H14Cl2N2O2/c1-3-5-19-13-9(7-17)10(8-18)14(20-6-4-2)12(16)11(13)15/h3-6H2,1-2H3.